The number of carbonyl (C=O) groups excluding carboxylic acids is 2. The molecule has 3 heterocycles. The van der Waals surface area contributed by atoms with Crippen molar-refractivity contribution in [3.05, 3.63) is 159 Å². The number of hydrogen-bond acceptors (Lipinski definition) is 10. The minimum absolute atomic E-state index is 0.0238. The zero-order valence-corrected chi connectivity index (χ0v) is 44.7. The van der Waals surface area contributed by atoms with Crippen LogP contribution in [0.15, 0.2) is 125 Å². The number of allylic oxidation sites excluding steroid dienone is 8. The molecule has 3 fully saturated rings. The summed E-state index contributed by atoms with van der Waals surface area (Å²) in [5, 5.41) is 66.5. The minimum Gasteiger partial charge on any atom is -0.508 e. The molecule has 10 atom stereocenters. The van der Waals surface area contributed by atoms with Crippen LogP contribution in [-0.2, 0) is 40.0 Å². The number of ether oxygens (including phenoxy) is 1. The van der Waals surface area contributed by atoms with Gasteiger partial charge in [-0.05, 0) is 172 Å². The average molecular weight is 1030 g/mol. The lowest BCUT2D eigenvalue weighted by Crippen LogP contribution is -2.59. The largest absolute Gasteiger partial charge is 0.508 e. The fraction of sp³-hybridized carbons (Fsp3) is 0.508. The van der Waals surface area contributed by atoms with Gasteiger partial charge in [0.05, 0.1) is 30.5 Å². The molecule has 0 saturated heterocycles. The van der Waals surface area contributed by atoms with E-state index in [1.54, 1.807) is 12.1 Å². The fourth-order valence-electron chi connectivity index (χ4n) is 14.1. The highest BCUT2D eigenvalue weighted by atomic mass is 16.5. The predicted octanol–water partition coefficient (Wildman–Crippen LogP) is 8.98. The highest BCUT2D eigenvalue weighted by Gasteiger charge is 2.64. The number of rotatable bonds is 4. The minimum atomic E-state index is -1.32. The first-order chi connectivity index (χ1) is 36.6. The maximum atomic E-state index is 15.1. The van der Waals surface area contributed by atoms with Crippen LogP contribution in [0.3, 0.4) is 0 Å². The van der Waals surface area contributed by atoms with Gasteiger partial charge in [-0.15, -0.1) is 0 Å². The highest BCUT2D eigenvalue weighted by Crippen LogP contribution is 2.63. The SMILES string of the molecule is C=C1C=CC=C(C2CCC3(C4CCC(O)Cc5cccc(c5)CC(Cc5ccc(O)cc5)C(O)CNC5C(=O)NC(N)c6cccc(c65)CC(=O)C(C)=C4CCC3(C)O)C2O)COCC#CCC(C2CCCC2)=CCC1. The lowest BCUT2D eigenvalue weighted by molar-refractivity contribution is -0.168. The number of β-amino-alcohol motifs (C(OH)–C–C–N with tert-alkyl or cyclic N) is 1. The molecule has 0 radical (unpaired) electrons. The summed E-state index contributed by atoms with van der Waals surface area (Å²) in [6, 6.07) is 19.7. The summed E-state index contributed by atoms with van der Waals surface area (Å²) >= 11 is 0. The van der Waals surface area contributed by atoms with E-state index in [1.807, 2.05) is 74.5 Å². The molecule has 3 aliphatic carbocycles. The number of ketones is 1. The van der Waals surface area contributed by atoms with Crippen molar-refractivity contribution in [2.45, 2.75) is 159 Å². The Morgan fingerprint density at radius 2 is 1.66 bits per heavy atom. The van der Waals surface area contributed by atoms with E-state index in [1.165, 1.54) is 31.3 Å². The maximum absolute atomic E-state index is 15.1. The first-order valence-corrected chi connectivity index (χ1v) is 28.1. The lowest BCUT2D eigenvalue weighted by Gasteiger charge is -2.56. The Morgan fingerprint density at radius 1 is 0.895 bits per heavy atom. The van der Waals surface area contributed by atoms with Gasteiger partial charge in [0.15, 0.2) is 5.78 Å². The molecular weight excluding hydrogens is 951 g/mol. The fourth-order valence-corrected chi connectivity index (χ4v) is 14.1. The first kappa shape index (κ1) is 55.3. The van der Waals surface area contributed by atoms with Crippen molar-refractivity contribution in [3.63, 3.8) is 0 Å². The van der Waals surface area contributed by atoms with Crippen LogP contribution < -0.4 is 16.4 Å². The molecule has 3 aliphatic heterocycles. The third kappa shape index (κ3) is 12.3. The van der Waals surface area contributed by atoms with Crippen LogP contribution in [0.2, 0.25) is 0 Å². The Morgan fingerprint density at radius 3 is 2.45 bits per heavy atom. The number of phenols is 1. The maximum Gasteiger partial charge on any atom is 0.243 e. The second-order valence-electron chi connectivity index (χ2n) is 23.2. The van der Waals surface area contributed by atoms with E-state index in [0.29, 0.717) is 86.0 Å². The molecule has 11 heteroatoms. The van der Waals surface area contributed by atoms with Crippen molar-refractivity contribution >= 4 is 11.7 Å². The van der Waals surface area contributed by atoms with Crippen molar-refractivity contribution in [3.8, 4) is 17.6 Å². The van der Waals surface area contributed by atoms with Crippen molar-refractivity contribution < 1.29 is 39.9 Å². The molecule has 9 rings (SSSR count). The van der Waals surface area contributed by atoms with E-state index < -0.39 is 47.5 Å². The van der Waals surface area contributed by atoms with Crippen LogP contribution in [0.4, 0.5) is 0 Å². The van der Waals surface area contributed by atoms with Crippen molar-refractivity contribution in [1.82, 2.24) is 10.6 Å². The monoisotopic (exact) mass is 1030 g/mol. The van der Waals surface area contributed by atoms with Crippen molar-refractivity contribution in [2.24, 2.45) is 34.8 Å². The van der Waals surface area contributed by atoms with Crippen LogP contribution in [0.5, 0.6) is 5.75 Å². The number of nitrogens with one attached hydrogen (secondary N) is 2. The number of carbonyl (C=O) groups is 2. The molecular formula is C65H81N3O8. The molecule has 9 N–H and O–H groups in total. The van der Waals surface area contributed by atoms with Crippen LogP contribution in [0.1, 0.15) is 143 Å². The quantitative estimate of drug-likeness (QED) is 0.0924. The zero-order valence-electron chi connectivity index (χ0n) is 44.7. The summed E-state index contributed by atoms with van der Waals surface area (Å²) in [4.78, 5) is 29.1. The number of aliphatic hydroxyl groups is 4. The molecule has 76 heavy (non-hydrogen) atoms. The van der Waals surface area contributed by atoms with Crippen molar-refractivity contribution in [2.75, 3.05) is 19.8 Å². The Kier molecular flexibility index (Phi) is 17.8. The van der Waals surface area contributed by atoms with Gasteiger partial charge in [-0.1, -0.05) is 127 Å². The van der Waals surface area contributed by atoms with Gasteiger partial charge in [-0.2, -0.15) is 0 Å². The van der Waals surface area contributed by atoms with Crippen LogP contribution in [-0.4, -0.2) is 80.9 Å². The number of phenolic OH excluding ortho intramolecular Hbond substituents is 1. The molecule has 6 aliphatic rings. The Labute approximate surface area is 450 Å². The number of aromatic hydroxyl groups is 1. The van der Waals surface area contributed by atoms with E-state index >= 15 is 4.79 Å². The van der Waals surface area contributed by atoms with Gasteiger partial charge in [0, 0.05) is 30.7 Å². The molecule has 404 valence electrons. The molecule has 2 bridgehead atoms. The van der Waals surface area contributed by atoms with E-state index in [9.17, 15) is 30.3 Å². The van der Waals surface area contributed by atoms with E-state index in [4.69, 9.17) is 10.5 Å². The third-order valence-corrected chi connectivity index (χ3v) is 18.4. The number of benzene rings is 3. The predicted molar refractivity (Wildman–Crippen MR) is 297 cm³/mol. The molecule has 10 unspecified atom stereocenters. The molecule has 3 saturated carbocycles. The number of Topliss-reactive ketones (excluding diaryl/α,β-unsaturated/α-hetero) is 1. The topological polar surface area (TPSA) is 195 Å². The second-order valence-corrected chi connectivity index (χ2v) is 23.2. The van der Waals surface area contributed by atoms with Gasteiger partial charge in [-0.3, -0.25) is 14.9 Å². The van der Waals surface area contributed by atoms with Gasteiger partial charge in [0.25, 0.3) is 0 Å². The van der Waals surface area contributed by atoms with Gasteiger partial charge < -0.3 is 41.3 Å². The van der Waals surface area contributed by atoms with E-state index in [-0.39, 0.29) is 55.5 Å². The zero-order chi connectivity index (χ0) is 53.6. The summed E-state index contributed by atoms with van der Waals surface area (Å²) in [6.45, 7) is 8.67. The van der Waals surface area contributed by atoms with Gasteiger partial charge in [0.2, 0.25) is 5.91 Å². The summed E-state index contributed by atoms with van der Waals surface area (Å²) in [5.41, 5.74) is 13.8. The summed E-state index contributed by atoms with van der Waals surface area (Å²) in [7, 11) is 0. The Hall–Kier alpha value is -5.42. The molecule has 11 nitrogen and oxygen atoms in total. The molecule has 3 aromatic rings. The number of fused-ring (bicyclic) bond motifs is 4. The molecule has 1 spiro atoms. The second kappa shape index (κ2) is 24.5. The van der Waals surface area contributed by atoms with E-state index in [2.05, 4.69) is 47.3 Å². The normalized spacial score (nSPS) is 31.7. The van der Waals surface area contributed by atoms with Crippen LogP contribution >= 0.6 is 0 Å². The van der Waals surface area contributed by atoms with Crippen LogP contribution in [0.25, 0.3) is 0 Å². The van der Waals surface area contributed by atoms with Gasteiger partial charge in [0.1, 0.15) is 24.6 Å². The Bertz CT molecular complexity index is 2790. The van der Waals surface area contributed by atoms with Crippen LogP contribution in [0, 0.1) is 40.9 Å². The molecule has 1 amide bonds. The summed E-state index contributed by atoms with van der Waals surface area (Å²) < 4.78 is 6.31. The summed E-state index contributed by atoms with van der Waals surface area (Å²) in [6.07, 6.45) is 16.4. The number of hydrogen-bond donors (Lipinski definition) is 8. The number of amides is 1. The number of aliphatic hydroxyl groups excluding tert-OH is 3. The summed E-state index contributed by atoms with van der Waals surface area (Å²) in [5.74, 6) is 5.81. The Balaban J connectivity index is 1.06. The molecule has 3 aromatic carbocycles. The highest BCUT2D eigenvalue weighted by molar-refractivity contribution is 5.98. The smallest absolute Gasteiger partial charge is 0.243 e. The first-order valence-electron chi connectivity index (χ1n) is 28.1. The average Bonchev–Trinajstić information content (AvgIpc) is 4.06. The lowest BCUT2D eigenvalue weighted by atomic mass is 9.52. The van der Waals surface area contributed by atoms with Crippen molar-refractivity contribution in [1.29, 1.82) is 0 Å². The standard InChI is InChI=1S/C65H81N3O8/c1-41-12-8-19-47(46-16-4-5-17-46)18-6-7-33-76-40-49(21-9-13-41)54-30-32-65(61(54)73)56-28-27-52(70)37-45-15-10-14-44(34-45)36-50(35-43-23-25-51(69)26-24-43)58(72)39-67-60-59-48(20-11-22-55(59)62(66)68-63(60)74)38-57(71)42(2)53(56)29-31-64(65,3)75/h9-11,13-15,19-26,34,46,50,52,54,56,58,60-62,67,69-70,72-73,75H,1,4-5,8,12,16-18,27-33,35-40,66H2,2-3H3,(H,68,74). The van der Waals surface area contributed by atoms with Gasteiger partial charge in [-0.25, -0.2) is 0 Å². The molecule has 0 aromatic heterocycles. The third-order valence-electron chi connectivity index (χ3n) is 18.4. The number of nitrogens with two attached hydrogens (primary N) is 1. The van der Waals surface area contributed by atoms with Gasteiger partial charge >= 0.3 is 0 Å². The van der Waals surface area contributed by atoms with E-state index in [0.717, 1.165) is 52.7 Å².